The molecule has 4 aromatic rings. The van der Waals surface area contributed by atoms with Crippen LogP contribution in [-0.2, 0) is 48.0 Å². The zero-order valence-electron chi connectivity index (χ0n) is 40.4. The number of ether oxygens (including phenoxy) is 4. The van der Waals surface area contributed by atoms with Crippen molar-refractivity contribution < 1.29 is 38.1 Å². The second kappa shape index (κ2) is 21.5. The lowest BCUT2D eigenvalue weighted by Crippen LogP contribution is -2.51. The monoisotopic (exact) mass is 962 g/mol. The first-order valence-electron chi connectivity index (χ1n) is 23.0. The smallest absolute Gasteiger partial charge is 0.407 e. The summed E-state index contributed by atoms with van der Waals surface area (Å²) in [7, 11) is 0. The summed E-state index contributed by atoms with van der Waals surface area (Å²) in [6.45, 7) is 19.9. The Labute approximate surface area is 403 Å². The highest BCUT2D eigenvalue weighted by atomic mass is 35.5. The Morgan fingerprint density at radius 1 is 1.03 bits per heavy atom. The number of hydrogen-bond acceptors (Lipinski definition) is 12. The predicted molar refractivity (Wildman–Crippen MR) is 257 cm³/mol. The lowest BCUT2D eigenvalue weighted by atomic mass is 9.84. The first-order valence-corrected chi connectivity index (χ1v) is 24.2. The molecule has 2 aliphatic heterocycles. The van der Waals surface area contributed by atoms with E-state index in [1.165, 1.54) is 0 Å². The third kappa shape index (κ3) is 13.5. The Hall–Kier alpha value is -5.10. The number of nitrogens with one attached hydrogen (secondary N) is 2. The van der Waals surface area contributed by atoms with Crippen LogP contribution in [0.1, 0.15) is 128 Å². The summed E-state index contributed by atoms with van der Waals surface area (Å²) in [6, 6.07) is 11.2. The maximum Gasteiger partial charge on any atom is 0.407 e. The van der Waals surface area contributed by atoms with Crippen LogP contribution in [0.5, 0.6) is 5.75 Å². The summed E-state index contributed by atoms with van der Waals surface area (Å²) in [4.78, 5) is 60.7. The number of amides is 4. The third-order valence-corrected chi connectivity index (χ3v) is 13.2. The first-order chi connectivity index (χ1) is 31.5. The molecular formula is C49H67ClN8O8S. The minimum Gasteiger partial charge on any atom is -0.490 e. The zero-order chi connectivity index (χ0) is 48.8. The molecule has 0 spiro atoms. The van der Waals surface area contributed by atoms with Crippen molar-refractivity contribution in [1.29, 1.82) is 0 Å². The molecule has 67 heavy (non-hydrogen) atoms. The van der Waals surface area contributed by atoms with Gasteiger partial charge in [0.05, 0.1) is 69.5 Å². The van der Waals surface area contributed by atoms with E-state index >= 15 is 4.79 Å². The molecule has 4 heterocycles. The number of fused-ring (bicyclic) bond motifs is 1. The SMILES string of the molecule is Cc1ncsc1-c1ccc([C@H](C)NC(=O)[C@@H]2C[C@@H](OC(C)(C)C)CN2C(=O)[C@H]2n3nnc(CCCc4cccc(OC[C@H](CCC(N)=O)NC(=O)OC(C)(C)C)c4Cl)c3COCC2(C)C)cc1. The number of aryl methyl sites for hydroxylation is 3. The van der Waals surface area contributed by atoms with Crippen molar-refractivity contribution in [3.8, 4) is 16.2 Å². The van der Waals surface area contributed by atoms with Gasteiger partial charge in [0.2, 0.25) is 17.7 Å². The fraction of sp³-hybridized carbons (Fsp3) is 0.571. The van der Waals surface area contributed by atoms with Crippen LogP contribution >= 0.6 is 22.9 Å². The molecule has 0 aliphatic carbocycles. The number of thiazole rings is 1. The van der Waals surface area contributed by atoms with Crippen LogP contribution in [-0.4, -0.2) is 97.8 Å². The molecule has 0 unspecified atom stereocenters. The second-order valence-electron chi connectivity index (χ2n) is 20.3. The van der Waals surface area contributed by atoms with Crippen molar-refractivity contribution in [2.75, 3.05) is 19.8 Å². The molecule has 5 atom stereocenters. The van der Waals surface area contributed by atoms with Crippen LogP contribution in [0.3, 0.4) is 0 Å². The molecule has 0 bridgehead atoms. The van der Waals surface area contributed by atoms with Gasteiger partial charge in [0.25, 0.3) is 0 Å². The highest BCUT2D eigenvalue weighted by molar-refractivity contribution is 7.13. The van der Waals surface area contributed by atoms with Gasteiger partial charge in [-0.1, -0.05) is 67.1 Å². The average Bonchev–Trinajstić information content (AvgIpc) is 3.95. The molecule has 4 N–H and O–H groups in total. The molecule has 2 aliphatic rings. The van der Waals surface area contributed by atoms with Gasteiger partial charge in [-0.05, 0) is 104 Å². The summed E-state index contributed by atoms with van der Waals surface area (Å²) >= 11 is 8.47. The van der Waals surface area contributed by atoms with Gasteiger partial charge in [-0.3, -0.25) is 14.4 Å². The molecule has 1 saturated heterocycles. The number of alkyl carbamates (subject to hydrolysis) is 1. The fourth-order valence-corrected chi connectivity index (χ4v) is 9.66. The molecule has 0 radical (unpaired) electrons. The van der Waals surface area contributed by atoms with Crippen LogP contribution in [0.15, 0.2) is 48.0 Å². The van der Waals surface area contributed by atoms with Gasteiger partial charge in [-0.25, -0.2) is 14.5 Å². The van der Waals surface area contributed by atoms with Gasteiger partial charge in [0, 0.05) is 24.8 Å². The van der Waals surface area contributed by atoms with Crippen molar-refractivity contribution in [3.63, 3.8) is 0 Å². The highest BCUT2D eigenvalue weighted by Gasteiger charge is 2.49. The lowest BCUT2D eigenvalue weighted by Gasteiger charge is -2.36. The van der Waals surface area contributed by atoms with E-state index in [-0.39, 0.29) is 63.2 Å². The minimum atomic E-state index is -0.810. The molecule has 18 heteroatoms. The van der Waals surface area contributed by atoms with E-state index in [2.05, 4.69) is 25.9 Å². The van der Waals surface area contributed by atoms with E-state index in [0.29, 0.717) is 47.8 Å². The molecule has 0 saturated carbocycles. The van der Waals surface area contributed by atoms with Gasteiger partial charge >= 0.3 is 6.09 Å². The molecule has 364 valence electrons. The normalized spacial score (nSPS) is 19.2. The number of hydrogen-bond donors (Lipinski definition) is 3. The minimum absolute atomic E-state index is 0.0355. The second-order valence-corrected chi connectivity index (χ2v) is 21.5. The largest absolute Gasteiger partial charge is 0.490 e. The number of carbonyl (C=O) groups excluding carboxylic acids is 4. The van der Waals surface area contributed by atoms with E-state index in [1.54, 1.807) is 47.8 Å². The van der Waals surface area contributed by atoms with Crippen molar-refractivity contribution in [3.05, 3.63) is 81.2 Å². The maximum absolute atomic E-state index is 15.1. The number of aromatic nitrogens is 4. The van der Waals surface area contributed by atoms with Gasteiger partial charge < -0.3 is 40.2 Å². The van der Waals surface area contributed by atoms with Crippen molar-refractivity contribution in [2.45, 2.75) is 156 Å². The Morgan fingerprint density at radius 2 is 1.76 bits per heavy atom. The number of benzene rings is 2. The third-order valence-electron chi connectivity index (χ3n) is 11.8. The van der Waals surface area contributed by atoms with Crippen LogP contribution in [0.25, 0.3) is 10.4 Å². The van der Waals surface area contributed by atoms with Crippen molar-refractivity contribution >= 4 is 46.8 Å². The number of likely N-dealkylation sites (tertiary alicyclic amines) is 1. The number of nitrogens with zero attached hydrogens (tertiary/aromatic N) is 5. The van der Waals surface area contributed by atoms with E-state index in [0.717, 1.165) is 27.3 Å². The summed E-state index contributed by atoms with van der Waals surface area (Å²) in [5.74, 6) is -0.561. The lowest BCUT2D eigenvalue weighted by molar-refractivity contribution is -0.145. The molecular weight excluding hydrogens is 896 g/mol. The Bertz CT molecular complexity index is 2370. The molecule has 6 rings (SSSR count). The Kier molecular flexibility index (Phi) is 16.4. The van der Waals surface area contributed by atoms with Crippen molar-refractivity contribution in [2.24, 2.45) is 11.1 Å². The molecule has 4 amide bonds. The predicted octanol–water partition coefficient (Wildman–Crippen LogP) is 7.84. The standard InChI is InChI=1S/C49H67ClN8O8S/c1-29(31-17-19-33(20-18-31)42-30(2)52-28-67-42)53-44(60)37-23-35(65-47(3,4)5)24-57(37)45(61)43-49(9,10)27-63-26-38-36(55-56-58(38)43)15-11-13-32-14-12-16-39(41(32)50)64-25-34(21-22-40(51)59)54-46(62)66-48(6,7)8/h12,14,16-20,28-29,34-35,37,43H,11,13,15,21-27H2,1-10H3,(H2,51,59)(H,53,60)(H,54,62)/t29-,34-,35+,37-,43+/m0/s1. The van der Waals surface area contributed by atoms with Gasteiger partial charge in [-0.2, -0.15) is 0 Å². The molecule has 1 fully saturated rings. The number of primary amides is 1. The quantitative estimate of drug-likeness (QED) is 0.0931. The number of carbonyl (C=O) groups is 4. The molecule has 16 nitrogen and oxygen atoms in total. The average molecular weight is 964 g/mol. The van der Waals surface area contributed by atoms with E-state index in [4.69, 9.17) is 36.3 Å². The van der Waals surface area contributed by atoms with Crippen LogP contribution in [0.2, 0.25) is 5.02 Å². The fourth-order valence-electron chi connectivity index (χ4n) is 8.57. The topological polar surface area (TPSA) is 202 Å². The van der Waals surface area contributed by atoms with Crippen LogP contribution in [0, 0.1) is 12.3 Å². The van der Waals surface area contributed by atoms with E-state index in [9.17, 15) is 14.4 Å². The highest BCUT2D eigenvalue weighted by Crippen LogP contribution is 2.40. The summed E-state index contributed by atoms with van der Waals surface area (Å²) < 4.78 is 25.8. The van der Waals surface area contributed by atoms with Gasteiger partial charge in [-0.15, -0.1) is 16.4 Å². The molecule has 2 aromatic carbocycles. The van der Waals surface area contributed by atoms with E-state index in [1.807, 2.05) is 90.4 Å². The Balaban J connectivity index is 1.15. The first kappa shape index (κ1) is 51.3. The number of nitrogens with two attached hydrogens (primary N) is 1. The maximum atomic E-state index is 15.1. The van der Waals surface area contributed by atoms with Gasteiger partial charge in [0.15, 0.2) is 0 Å². The zero-order valence-corrected chi connectivity index (χ0v) is 42.0. The number of rotatable bonds is 17. The number of halogens is 1. The summed E-state index contributed by atoms with van der Waals surface area (Å²) in [5, 5.41) is 15.6. The van der Waals surface area contributed by atoms with Crippen LogP contribution in [0.4, 0.5) is 4.79 Å². The van der Waals surface area contributed by atoms with E-state index < -0.39 is 46.7 Å². The summed E-state index contributed by atoms with van der Waals surface area (Å²) in [5.41, 5.74) is 10.6. The molecule has 2 aromatic heterocycles. The Morgan fingerprint density at radius 3 is 2.42 bits per heavy atom. The van der Waals surface area contributed by atoms with Crippen LogP contribution < -0.4 is 21.1 Å². The van der Waals surface area contributed by atoms with Crippen molar-refractivity contribution in [1.82, 2.24) is 35.5 Å². The summed E-state index contributed by atoms with van der Waals surface area (Å²) in [6.07, 6.45) is 1.41. The van der Waals surface area contributed by atoms with Gasteiger partial charge in [0.1, 0.15) is 30.0 Å².